The van der Waals surface area contributed by atoms with Crippen LogP contribution in [-0.2, 0) is 11.2 Å². The van der Waals surface area contributed by atoms with Gasteiger partial charge in [-0.05, 0) is 55.2 Å². The van der Waals surface area contributed by atoms with Crippen LogP contribution in [0.2, 0.25) is 0 Å². The van der Waals surface area contributed by atoms with Gasteiger partial charge >= 0.3 is 5.97 Å². The lowest BCUT2D eigenvalue weighted by Crippen LogP contribution is -2.42. The van der Waals surface area contributed by atoms with Crippen LogP contribution >= 0.6 is 15.9 Å². The van der Waals surface area contributed by atoms with Crippen LogP contribution in [0.4, 0.5) is 0 Å². The number of pyridine rings is 1. The number of halogens is 1. The summed E-state index contributed by atoms with van der Waals surface area (Å²) in [5.41, 5.74) is 1.19. The van der Waals surface area contributed by atoms with E-state index in [1.54, 1.807) is 18.3 Å². The Labute approximate surface area is 175 Å². The summed E-state index contributed by atoms with van der Waals surface area (Å²) in [7, 11) is 0. The van der Waals surface area contributed by atoms with Crippen molar-refractivity contribution in [3.63, 3.8) is 0 Å². The Bertz CT molecular complexity index is 1190. The van der Waals surface area contributed by atoms with Crippen molar-refractivity contribution in [1.29, 1.82) is 0 Å². The highest BCUT2D eigenvalue weighted by Gasteiger charge is 2.24. The van der Waals surface area contributed by atoms with E-state index in [4.69, 9.17) is 0 Å². The Morgan fingerprint density at radius 1 is 0.966 bits per heavy atom. The maximum Gasteiger partial charge on any atom is 0.326 e. The first-order chi connectivity index (χ1) is 14.0. The van der Waals surface area contributed by atoms with Crippen molar-refractivity contribution in [3.8, 4) is 0 Å². The maximum absolute atomic E-state index is 13.3. The predicted octanol–water partition coefficient (Wildman–Crippen LogP) is 4.58. The fourth-order valence-electron chi connectivity index (χ4n) is 3.48. The van der Waals surface area contributed by atoms with Crippen LogP contribution in [0, 0.1) is 0 Å². The summed E-state index contributed by atoms with van der Waals surface area (Å²) in [5, 5.41) is 15.8. The van der Waals surface area contributed by atoms with Gasteiger partial charge in [-0.2, -0.15) is 0 Å². The molecule has 5 nitrogen and oxygen atoms in total. The monoisotopic (exact) mass is 448 g/mol. The Morgan fingerprint density at radius 2 is 1.59 bits per heavy atom. The van der Waals surface area contributed by atoms with Crippen LogP contribution < -0.4 is 5.32 Å². The number of nitrogens with zero attached hydrogens (tertiary/aromatic N) is 1. The number of amides is 1. The summed E-state index contributed by atoms with van der Waals surface area (Å²) in [6, 6.07) is 19.7. The molecule has 6 heteroatoms. The van der Waals surface area contributed by atoms with Gasteiger partial charge in [0.1, 0.15) is 10.6 Å². The normalized spacial score (nSPS) is 12.0. The highest BCUT2D eigenvalue weighted by atomic mass is 79.9. The molecular formula is C23H17BrN2O3. The van der Waals surface area contributed by atoms with Crippen LogP contribution in [0.15, 0.2) is 77.5 Å². The zero-order valence-electron chi connectivity index (χ0n) is 15.3. The third-order valence-electron chi connectivity index (χ3n) is 4.86. The van der Waals surface area contributed by atoms with E-state index in [0.717, 1.165) is 21.5 Å². The summed E-state index contributed by atoms with van der Waals surface area (Å²) < 4.78 is 0.566. The van der Waals surface area contributed by atoms with Gasteiger partial charge in [0.25, 0.3) is 5.91 Å². The van der Waals surface area contributed by atoms with Crippen molar-refractivity contribution in [1.82, 2.24) is 10.3 Å². The van der Waals surface area contributed by atoms with Gasteiger partial charge in [-0.3, -0.25) is 4.79 Å². The molecule has 0 fully saturated rings. The Morgan fingerprint density at radius 3 is 2.17 bits per heavy atom. The van der Waals surface area contributed by atoms with E-state index in [1.165, 1.54) is 0 Å². The summed E-state index contributed by atoms with van der Waals surface area (Å²) in [6.45, 7) is 0. The van der Waals surface area contributed by atoms with E-state index in [-0.39, 0.29) is 6.42 Å². The van der Waals surface area contributed by atoms with Crippen molar-refractivity contribution in [2.45, 2.75) is 12.5 Å². The molecule has 1 atom stereocenters. The van der Waals surface area contributed by atoms with Crippen molar-refractivity contribution in [3.05, 3.63) is 88.7 Å². The molecule has 144 valence electrons. The lowest BCUT2D eigenvalue weighted by atomic mass is 9.96. The van der Waals surface area contributed by atoms with Crippen molar-refractivity contribution in [2.75, 3.05) is 0 Å². The number of benzene rings is 3. The predicted molar refractivity (Wildman–Crippen MR) is 116 cm³/mol. The number of hydrogen-bond acceptors (Lipinski definition) is 3. The van der Waals surface area contributed by atoms with E-state index < -0.39 is 17.9 Å². The molecule has 1 amide bonds. The first-order valence-corrected chi connectivity index (χ1v) is 9.87. The second-order valence-corrected chi connectivity index (χ2v) is 7.47. The van der Waals surface area contributed by atoms with E-state index in [1.807, 2.05) is 54.6 Å². The van der Waals surface area contributed by atoms with Crippen molar-refractivity contribution >= 4 is 49.4 Å². The molecule has 0 unspecified atom stereocenters. The third kappa shape index (κ3) is 3.84. The molecule has 0 aliphatic heterocycles. The lowest BCUT2D eigenvalue weighted by Gasteiger charge is -2.17. The molecule has 1 heterocycles. The van der Waals surface area contributed by atoms with Gasteiger partial charge in [-0.25, -0.2) is 9.78 Å². The number of aromatic nitrogens is 1. The van der Waals surface area contributed by atoms with Gasteiger partial charge < -0.3 is 10.4 Å². The van der Waals surface area contributed by atoms with Crippen molar-refractivity contribution in [2.24, 2.45) is 0 Å². The van der Waals surface area contributed by atoms with E-state index in [0.29, 0.717) is 15.7 Å². The molecular weight excluding hydrogens is 432 g/mol. The molecule has 0 aliphatic rings. The first-order valence-electron chi connectivity index (χ1n) is 9.08. The molecule has 3 aromatic carbocycles. The van der Waals surface area contributed by atoms with Crippen LogP contribution in [-0.4, -0.2) is 28.0 Å². The van der Waals surface area contributed by atoms with Gasteiger partial charge in [0, 0.05) is 12.6 Å². The number of carboxylic acid groups (broad SMARTS) is 1. The molecule has 1 aromatic heterocycles. The topological polar surface area (TPSA) is 79.3 Å². The molecule has 0 radical (unpaired) electrons. The number of carbonyl (C=O) groups is 2. The lowest BCUT2D eigenvalue weighted by molar-refractivity contribution is -0.139. The highest BCUT2D eigenvalue weighted by Crippen LogP contribution is 2.28. The molecule has 0 saturated heterocycles. The van der Waals surface area contributed by atoms with E-state index >= 15 is 0 Å². The molecule has 2 N–H and O–H groups in total. The average molecular weight is 449 g/mol. The summed E-state index contributed by atoms with van der Waals surface area (Å²) in [6.07, 6.45) is 1.74. The average Bonchev–Trinajstić information content (AvgIpc) is 2.72. The standard InChI is InChI=1S/C23H17BrN2O3/c24-21-16(8-5-11-25-21)13-19(23(28)29)26-22(27)20-17-9-3-1-6-14(17)12-15-7-2-4-10-18(15)20/h1-12,19H,13H2,(H,26,27)(H,28,29)/t19-/m0/s1. The Kier molecular flexibility index (Phi) is 5.27. The molecule has 4 rings (SSSR count). The molecule has 0 saturated carbocycles. The Balaban J connectivity index is 1.75. The molecule has 4 aromatic rings. The number of carbonyl (C=O) groups excluding carboxylic acids is 1. The third-order valence-corrected chi connectivity index (χ3v) is 5.58. The van der Waals surface area contributed by atoms with Gasteiger partial charge in [0.15, 0.2) is 0 Å². The molecule has 0 aliphatic carbocycles. The number of nitrogens with one attached hydrogen (secondary N) is 1. The minimum atomic E-state index is -1.10. The summed E-state index contributed by atoms with van der Waals surface area (Å²) in [5.74, 6) is -1.51. The van der Waals surface area contributed by atoms with Gasteiger partial charge in [0.2, 0.25) is 0 Å². The van der Waals surface area contributed by atoms with Crippen LogP contribution in [0.1, 0.15) is 15.9 Å². The SMILES string of the molecule is O=C(N[C@@H](Cc1cccnc1Br)C(=O)O)c1c2ccccc2cc2ccccc12. The number of carboxylic acids is 1. The smallest absolute Gasteiger partial charge is 0.326 e. The number of aliphatic carboxylic acids is 1. The van der Waals surface area contributed by atoms with E-state index in [2.05, 4.69) is 26.2 Å². The summed E-state index contributed by atoms with van der Waals surface area (Å²) in [4.78, 5) is 29.2. The van der Waals surface area contributed by atoms with Gasteiger partial charge in [-0.15, -0.1) is 0 Å². The largest absolute Gasteiger partial charge is 0.480 e. The molecule has 0 bridgehead atoms. The number of rotatable bonds is 5. The number of hydrogen-bond donors (Lipinski definition) is 2. The second-order valence-electron chi connectivity index (χ2n) is 6.72. The van der Waals surface area contributed by atoms with Crippen LogP contribution in [0.25, 0.3) is 21.5 Å². The van der Waals surface area contributed by atoms with E-state index in [9.17, 15) is 14.7 Å². The zero-order chi connectivity index (χ0) is 20.4. The fraction of sp³-hybridized carbons (Fsp3) is 0.0870. The quantitative estimate of drug-likeness (QED) is 0.346. The number of fused-ring (bicyclic) bond motifs is 2. The molecule has 29 heavy (non-hydrogen) atoms. The maximum atomic E-state index is 13.3. The van der Waals surface area contributed by atoms with Gasteiger partial charge in [-0.1, -0.05) is 54.6 Å². The van der Waals surface area contributed by atoms with Crippen molar-refractivity contribution < 1.29 is 14.7 Å². The summed E-state index contributed by atoms with van der Waals surface area (Å²) >= 11 is 3.33. The Hall–Kier alpha value is -3.25. The first kappa shape index (κ1) is 19.1. The van der Waals surface area contributed by atoms with Crippen LogP contribution in [0.5, 0.6) is 0 Å². The minimum absolute atomic E-state index is 0.123. The van der Waals surface area contributed by atoms with Gasteiger partial charge in [0.05, 0.1) is 5.56 Å². The zero-order valence-corrected chi connectivity index (χ0v) is 16.9. The highest BCUT2D eigenvalue weighted by molar-refractivity contribution is 9.10. The molecule has 0 spiro atoms. The fourth-order valence-corrected chi connectivity index (χ4v) is 3.89. The second kappa shape index (κ2) is 8.01. The minimum Gasteiger partial charge on any atom is -0.480 e. The van der Waals surface area contributed by atoms with Crippen LogP contribution in [0.3, 0.4) is 0 Å².